The zero-order valence-electron chi connectivity index (χ0n) is 13.4. The third-order valence-corrected chi connectivity index (χ3v) is 6.19. The molecule has 0 saturated carbocycles. The summed E-state index contributed by atoms with van der Waals surface area (Å²) < 4.78 is 29.0. The lowest BCUT2D eigenvalue weighted by Gasteiger charge is -2.20. The number of halogens is 1. The van der Waals surface area contributed by atoms with E-state index < -0.39 is 15.9 Å². The third-order valence-electron chi connectivity index (χ3n) is 4.23. The highest BCUT2D eigenvalue weighted by Crippen LogP contribution is 2.26. The Labute approximate surface area is 145 Å². The van der Waals surface area contributed by atoms with Crippen molar-refractivity contribution >= 4 is 27.5 Å². The molecule has 0 spiro atoms. The molecule has 1 unspecified atom stereocenters. The summed E-state index contributed by atoms with van der Waals surface area (Å²) in [6, 6.07) is 4.78. The van der Waals surface area contributed by atoms with Crippen molar-refractivity contribution in [2.45, 2.75) is 38.1 Å². The van der Waals surface area contributed by atoms with Crippen LogP contribution in [0.15, 0.2) is 29.3 Å². The van der Waals surface area contributed by atoms with Gasteiger partial charge in [-0.2, -0.15) is 5.10 Å². The highest BCUT2D eigenvalue weighted by atomic mass is 35.5. The van der Waals surface area contributed by atoms with Crippen molar-refractivity contribution in [1.29, 1.82) is 0 Å². The molecule has 1 aliphatic rings. The lowest BCUT2D eigenvalue weighted by atomic mass is 9.96. The van der Waals surface area contributed by atoms with E-state index in [9.17, 15) is 13.2 Å². The summed E-state index contributed by atoms with van der Waals surface area (Å²) in [5.41, 5.74) is 1.56. The fraction of sp³-hybridized carbons (Fsp3) is 0.375. The van der Waals surface area contributed by atoms with Crippen molar-refractivity contribution < 1.29 is 13.2 Å². The summed E-state index contributed by atoms with van der Waals surface area (Å²) in [7, 11) is -4.06. The van der Waals surface area contributed by atoms with E-state index in [-0.39, 0.29) is 9.92 Å². The molecule has 1 amide bonds. The molecule has 1 aromatic carbocycles. The highest BCUT2D eigenvalue weighted by molar-refractivity contribution is 7.90. The number of hydrogen-bond acceptors (Lipinski definition) is 4. The van der Waals surface area contributed by atoms with Gasteiger partial charge in [-0.25, -0.2) is 13.1 Å². The topological polar surface area (TPSA) is 81.1 Å². The molecule has 2 aromatic rings. The van der Waals surface area contributed by atoms with Gasteiger partial charge in [0.2, 0.25) is 0 Å². The molecule has 24 heavy (non-hydrogen) atoms. The van der Waals surface area contributed by atoms with Gasteiger partial charge in [-0.05, 0) is 37.3 Å². The molecule has 3 rings (SSSR count). The summed E-state index contributed by atoms with van der Waals surface area (Å²) in [4.78, 5) is 12.4. The van der Waals surface area contributed by atoms with Gasteiger partial charge in [-0.1, -0.05) is 30.7 Å². The summed E-state index contributed by atoms with van der Waals surface area (Å²) in [5, 5.41) is 4.27. The predicted molar refractivity (Wildman–Crippen MR) is 90.6 cm³/mol. The number of fused-ring (bicyclic) bond motifs is 1. The van der Waals surface area contributed by atoms with E-state index in [1.807, 2.05) is 0 Å². The molecule has 2 heterocycles. The number of amides is 1. The van der Waals surface area contributed by atoms with Crippen LogP contribution in [0.2, 0.25) is 5.02 Å². The van der Waals surface area contributed by atoms with Crippen LogP contribution in [0.1, 0.15) is 35.0 Å². The van der Waals surface area contributed by atoms with E-state index in [4.69, 9.17) is 11.6 Å². The highest BCUT2D eigenvalue weighted by Gasteiger charge is 2.28. The first-order valence-electron chi connectivity index (χ1n) is 7.66. The number of nitrogens with zero attached hydrogens (tertiary/aromatic N) is 2. The summed E-state index contributed by atoms with van der Waals surface area (Å²) in [6.07, 6.45) is 3.12. The Morgan fingerprint density at radius 2 is 2.17 bits per heavy atom. The van der Waals surface area contributed by atoms with Gasteiger partial charge in [0.05, 0.1) is 22.5 Å². The van der Waals surface area contributed by atoms with Crippen LogP contribution in [0, 0.1) is 12.8 Å². The van der Waals surface area contributed by atoms with Crippen LogP contribution in [-0.4, -0.2) is 24.1 Å². The molecule has 0 fully saturated rings. The Hall–Kier alpha value is -1.86. The number of carbonyl (C=O) groups is 1. The van der Waals surface area contributed by atoms with Crippen LogP contribution in [0.5, 0.6) is 0 Å². The van der Waals surface area contributed by atoms with Gasteiger partial charge in [0, 0.05) is 6.54 Å². The van der Waals surface area contributed by atoms with Crippen molar-refractivity contribution in [1.82, 2.24) is 14.5 Å². The lowest BCUT2D eigenvalue weighted by molar-refractivity contribution is 0.0979. The smallest absolute Gasteiger partial charge is 0.268 e. The molecule has 0 radical (unpaired) electrons. The predicted octanol–water partition coefficient (Wildman–Crippen LogP) is 2.55. The number of aromatic nitrogens is 2. The second-order valence-corrected chi connectivity index (χ2v) is 8.17. The number of sulfonamides is 1. The molecule has 1 aromatic heterocycles. The fourth-order valence-corrected chi connectivity index (χ4v) is 4.77. The van der Waals surface area contributed by atoms with Gasteiger partial charge in [-0.15, -0.1) is 0 Å². The van der Waals surface area contributed by atoms with E-state index in [1.165, 1.54) is 12.3 Å². The second kappa shape index (κ2) is 6.22. The first kappa shape index (κ1) is 17.0. The van der Waals surface area contributed by atoms with E-state index in [0.29, 0.717) is 23.5 Å². The number of carbonyl (C=O) groups excluding carboxylic acids is 1. The normalized spacial score (nSPS) is 17.4. The Kier molecular flexibility index (Phi) is 4.40. The van der Waals surface area contributed by atoms with Crippen LogP contribution in [-0.2, 0) is 23.0 Å². The maximum absolute atomic E-state index is 12.6. The first-order chi connectivity index (χ1) is 11.3. The molecule has 1 N–H and O–H groups in total. The molecular weight excluding hydrogens is 350 g/mol. The quantitative estimate of drug-likeness (QED) is 0.903. The third kappa shape index (κ3) is 3.06. The van der Waals surface area contributed by atoms with Crippen LogP contribution in [0.4, 0.5) is 0 Å². The maximum atomic E-state index is 12.6. The van der Waals surface area contributed by atoms with Gasteiger partial charge < -0.3 is 0 Å². The number of benzene rings is 1. The summed E-state index contributed by atoms with van der Waals surface area (Å²) >= 11 is 6.01. The van der Waals surface area contributed by atoms with Gasteiger partial charge in [-0.3, -0.25) is 9.48 Å². The van der Waals surface area contributed by atoms with Crippen LogP contribution >= 0.6 is 11.6 Å². The van der Waals surface area contributed by atoms with Crippen molar-refractivity contribution in [2.24, 2.45) is 5.92 Å². The number of rotatable bonds is 3. The Bertz CT molecular complexity index is 885. The van der Waals surface area contributed by atoms with Gasteiger partial charge in [0.25, 0.3) is 15.9 Å². The van der Waals surface area contributed by atoms with Crippen molar-refractivity contribution in [3.05, 3.63) is 46.2 Å². The zero-order chi connectivity index (χ0) is 17.5. The molecule has 1 aliphatic heterocycles. The Balaban J connectivity index is 1.92. The minimum absolute atomic E-state index is 0.0746. The lowest BCUT2D eigenvalue weighted by Crippen LogP contribution is -2.32. The largest absolute Gasteiger partial charge is 0.269 e. The van der Waals surface area contributed by atoms with Crippen LogP contribution in [0.3, 0.4) is 0 Å². The monoisotopic (exact) mass is 367 g/mol. The molecular formula is C16H18ClN3O3S. The fourth-order valence-electron chi connectivity index (χ4n) is 2.97. The average Bonchev–Trinajstić information content (AvgIpc) is 2.89. The Morgan fingerprint density at radius 3 is 2.88 bits per heavy atom. The molecule has 6 nitrogen and oxygen atoms in total. The summed E-state index contributed by atoms with van der Waals surface area (Å²) in [5.74, 6) is -0.243. The zero-order valence-corrected chi connectivity index (χ0v) is 15.0. The number of nitrogens with one attached hydrogen (secondary N) is 1. The maximum Gasteiger partial charge on any atom is 0.268 e. The SMILES string of the molecule is Cc1cccc(Cl)c1S(=O)(=O)NC(=O)c1cnn2c1CC(C)CC2. The minimum Gasteiger partial charge on any atom is -0.269 e. The van der Waals surface area contributed by atoms with Gasteiger partial charge in [0.15, 0.2) is 0 Å². The van der Waals surface area contributed by atoms with E-state index in [1.54, 1.807) is 23.7 Å². The number of hydrogen-bond donors (Lipinski definition) is 1. The minimum atomic E-state index is -4.06. The molecule has 0 bridgehead atoms. The van der Waals surface area contributed by atoms with E-state index >= 15 is 0 Å². The van der Waals surface area contributed by atoms with Crippen molar-refractivity contribution in [3.63, 3.8) is 0 Å². The van der Waals surface area contributed by atoms with Gasteiger partial charge >= 0.3 is 0 Å². The molecule has 1 atom stereocenters. The Morgan fingerprint density at radius 1 is 1.42 bits per heavy atom. The van der Waals surface area contributed by atoms with Crippen LogP contribution in [0.25, 0.3) is 0 Å². The molecule has 0 aliphatic carbocycles. The molecule has 8 heteroatoms. The molecule has 0 saturated heterocycles. The molecule has 128 valence electrons. The first-order valence-corrected chi connectivity index (χ1v) is 9.52. The van der Waals surface area contributed by atoms with E-state index in [0.717, 1.165) is 18.7 Å². The average molecular weight is 368 g/mol. The van der Waals surface area contributed by atoms with Gasteiger partial charge in [0.1, 0.15) is 4.90 Å². The summed E-state index contributed by atoms with van der Waals surface area (Å²) in [6.45, 7) is 4.47. The van der Waals surface area contributed by atoms with Crippen molar-refractivity contribution in [2.75, 3.05) is 0 Å². The standard InChI is InChI=1S/C16H18ClN3O3S/c1-10-6-7-20-14(8-10)12(9-18-20)16(21)19-24(22,23)15-11(2)4-3-5-13(15)17/h3-5,9-10H,6-8H2,1-2H3,(H,19,21). The second-order valence-electron chi connectivity index (χ2n) is 6.15. The van der Waals surface area contributed by atoms with E-state index in [2.05, 4.69) is 16.7 Å². The van der Waals surface area contributed by atoms with Crippen LogP contribution < -0.4 is 4.72 Å². The number of aryl methyl sites for hydroxylation is 2. The van der Waals surface area contributed by atoms with Crippen molar-refractivity contribution in [3.8, 4) is 0 Å².